The van der Waals surface area contributed by atoms with E-state index in [2.05, 4.69) is 0 Å². The van der Waals surface area contributed by atoms with Gasteiger partial charge in [0.05, 0.1) is 4.92 Å². The van der Waals surface area contributed by atoms with E-state index >= 15 is 0 Å². The Balaban J connectivity index is 2.24. The van der Waals surface area contributed by atoms with Crippen LogP contribution >= 0.6 is 0 Å². The van der Waals surface area contributed by atoms with Crippen molar-refractivity contribution in [3.05, 3.63) is 64.2 Å². The van der Waals surface area contributed by atoms with Gasteiger partial charge < -0.3 is 4.42 Å². The highest BCUT2D eigenvalue weighted by Gasteiger charge is 2.38. The van der Waals surface area contributed by atoms with E-state index in [1.165, 1.54) is 30.3 Å². The van der Waals surface area contributed by atoms with Crippen LogP contribution in [0.15, 0.2) is 52.9 Å². The SMILES string of the molecule is O=[N+]([O-])c1ccc(-c2oc3ccccc3c2C(F)(F)F)cc1. The maximum atomic E-state index is 13.3. The van der Waals surface area contributed by atoms with Crippen LogP contribution in [0.3, 0.4) is 0 Å². The van der Waals surface area contributed by atoms with E-state index in [1.807, 2.05) is 0 Å². The molecule has 0 saturated heterocycles. The third kappa shape index (κ3) is 2.30. The summed E-state index contributed by atoms with van der Waals surface area (Å²) in [5.41, 5.74) is -0.831. The maximum Gasteiger partial charge on any atom is 0.420 e. The second-order valence-electron chi connectivity index (χ2n) is 4.60. The molecule has 22 heavy (non-hydrogen) atoms. The van der Waals surface area contributed by atoms with Crippen molar-refractivity contribution in [2.75, 3.05) is 0 Å². The molecule has 0 aliphatic rings. The number of non-ortho nitro benzene ring substituents is 1. The first kappa shape index (κ1) is 14.1. The second kappa shape index (κ2) is 4.87. The number of hydrogen-bond donors (Lipinski definition) is 0. The molecule has 0 aliphatic heterocycles. The summed E-state index contributed by atoms with van der Waals surface area (Å²) in [5.74, 6) is -0.344. The van der Waals surface area contributed by atoms with Crippen molar-refractivity contribution in [1.82, 2.24) is 0 Å². The lowest BCUT2D eigenvalue weighted by Crippen LogP contribution is -2.05. The van der Waals surface area contributed by atoms with Crippen LogP contribution in [0.1, 0.15) is 5.56 Å². The Morgan fingerprint density at radius 1 is 1.00 bits per heavy atom. The van der Waals surface area contributed by atoms with Crippen LogP contribution in [0, 0.1) is 10.1 Å². The molecule has 0 saturated carbocycles. The van der Waals surface area contributed by atoms with Gasteiger partial charge in [0.1, 0.15) is 16.9 Å². The number of benzene rings is 2. The fraction of sp³-hybridized carbons (Fsp3) is 0.0667. The summed E-state index contributed by atoms with van der Waals surface area (Å²) in [5, 5.41) is 10.6. The number of nitrogens with zero attached hydrogens (tertiary/aromatic N) is 1. The average Bonchev–Trinajstić information content (AvgIpc) is 2.86. The van der Waals surface area contributed by atoms with Crippen molar-refractivity contribution in [3.63, 3.8) is 0 Å². The average molecular weight is 307 g/mol. The van der Waals surface area contributed by atoms with Crippen LogP contribution in [0.4, 0.5) is 18.9 Å². The monoisotopic (exact) mass is 307 g/mol. The lowest BCUT2D eigenvalue weighted by molar-refractivity contribution is -0.384. The topological polar surface area (TPSA) is 56.3 Å². The molecule has 0 unspecified atom stereocenters. The molecule has 0 bridgehead atoms. The van der Waals surface area contributed by atoms with Crippen molar-refractivity contribution in [2.45, 2.75) is 6.18 Å². The van der Waals surface area contributed by atoms with E-state index in [1.54, 1.807) is 6.07 Å². The van der Waals surface area contributed by atoms with Crippen molar-refractivity contribution < 1.29 is 22.5 Å². The number of para-hydroxylation sites is 1. The number of halogens is 3. The van der Waals surface area contributed by atoms with Crippen LogP contribution in [0.2, 0.25) is 0 Å². The molecule has 2 aromatic carbocycles. The number of nitro groups is 1. The van der Waals surface area contributed by atoms with Gasteiger partial charge in [0, 0.05) is 23.1 Å². The largest absolute Gasteiger partial charge is 0.455 e. The summed E-state index contributed by atoms with van der Waals surface area (Å²) < 4.78 is 45.3. The zero-order valence-corrected chi connectivity index (χ0v) is 10.9. The normalized spacial score (nSPS) is 11.8. The van der Waals surface area contributed by atoms with Crippen LogP contribution in [-0.2, 0) is 6.18 Å². The Hall–Kier alpha value is -2.83. The van der Waals surface area contributed by atoms with Gasteiger partial charge >= 0.3 is 6.18 Å². The van der Waals surface area contributed by atoms with Crippen LogP contribution in [0.5, 0.6) is 0 Å². The van der Waals surface area contributed by atoms with Gasteiger partial charge in [-0.15, -0.1) is 0 Å². The minimum atomic E-state index is -4.59. The van der Waals surface area contributed by atoms with Gasteiger partial charge in [-0.25, -0.2) is 0 Å². The molecule has 0 radical (unpaired) electrons. The van der Waals surface area contributed by atoms with Crippen LogP contribution in [0.25, 0.3) is 22.3 Å². The molecule has 0 spiro atoms. The second-order valence-corrected chi connectivity index (χ2v) is 4.60. The molecular weight excluding hydrogens is 299 g/mol. The van der Waals surface area contributed by atoms with E-state index < -0.39 is 16.7 Å². The summed E-state index contributed by atoms with van der Waals surface area (Å²) in [6.07, 6.45) is -4.59. The summed E-state index contributed by atoms with van der Waals surface area (Å²) >= 11 is 0. The van der Waals surface area contributed by atoms with Gasteiger partial charge in [-0.05, 0) is 18.2 Å². The minimum Gasteiger partial charge on any atom is -0.455 e. The first-order valence-corrected chi connectivity index (χ1v) is 6.21. The Labute approximate surface area is 121 Å². The molecular formula is C15H8F3NO3. The van der Waals surface area contributed by atoms with E-state index in [0.29, 0.717) is 0 Å². The summed E-state index contributed by atoms with van der Waals surface area (Å²) in [6, 6.07) is 10.6. The van der Waals surface area contributed by atoms with Gasteiger partial charge in [-0.2, -0.15) is 13.2 Å². The fourth-order valence-electron chi connectivity index (χ4n) is 2.26. The Kier molecular flexibility index (Phi) is 3.13. The zero-order valence-electron chi connectivity index (χ0n) is 10.9. The Bertz CT molecular complexity index is 851. The van der Waals surface area contributed by atoms with Gasteiger partial charge in [0.25, 0.3) is 5.69 Å². The maximum absolute atomic E-state index is 13.3. The number of hydrogen-bond acceptors (Lipinski definition) is 3. The molecule has 1 aromatic heterocycles. The molecule has 0 fully saturated rings. The van der Waals surface area contributed by atoms with E-state index in [0.717, 1.165) is 12.1 Å². The van der Waals surface area contributed by atoms with Gasteiger partial charge in [0.2, 0.25) is 0 Å². The highest BCUT2D eigenvalue weighted by molar-refractivity contribution is 5.88. The summed E-state index contributed by atoms with van der Waals surface area (Å²) in [6.45, 7) is 0. The van der Waals surface area contributed by atoms with Crippen molar-refractivity contribution in [1.29, 1.82) is 0 Å². The quantitative estimate of drug-likeness (QED) is 0.493. The number of alkyl halides is 3. The lowest BCUT2D eigenvalue weighted by Gasteiger charge is -2.07. The predicted octanol–water partition coefficient (Wildman–Crippen LogP) is 5.03. The molecule has 112 valence electrons. The molecule has 0 N–H and O–H groups in total. The fourth-order valence-corrected chi connectivity index (χ4v) is 2.26. The first-order chi connectivity index (χ1) is 10.4. The lowest BCUT2D eigenvalue weighted by atomic mass is 10.0. The van der Waals surface area contributed by atoms with E-state index in [-0.39, 0.29) is 28.0 Å². The highest BCUT2D eigenvalue weighted by atomic mass is 19.4. The molecule has 0 amide bonds. The molecule has 3 rings (SSSR count). The number of nitro benzene ring substituents is 1. The first-order valence-electron chi connectivity index (χ1n) is 6.21. The molecule has 7 heteroatoms. The minimum absolute atomic E-state index is 0.0386. The molecule has 0 aliphatic carbocycles. The zero-order chi connectivity index (χ0) is 15.9. The van der Waals surface area contributed by atoms with E-state index in [9.17, 15) is 23.3 Å². The number of rotatable bonds is 2. The Morgan fingerprint density at radius 2 is 1.64 bits per heavy atom. The molecule has 3 aromatic rings. The molecule has 4 nitrogen and oxygen atoms in total. The van der Waals surface area contributed by atoms with Gasteiger partial charge in [-0.3, -0.25) is 10.1 Å². The van der Waals surface area contributed by atoms with Crippen LogP contribution in [-0.4, -0.2) is 4.92 Å². The van der Waals surface area contributed by atoms with E-state index in [4.69, 9.17) is 4.42 Å². The predicted molar refractivity (Wildman–Crippen MR) is 73.3 cm³/mol. The van der Waals surface area contributed by atoms with Gasteiger partial charge in [0.15, 0.2) is 0 Å². The number of fused-ring (bicyclic) bond motifs is 1. The standard InChI is InChI=1S/C15H8F3NO3/c16-15(17,18)13-11-3-1-2-4-12(11)22-14(13)9-5-7-10(8-6-9)19(20)21/h1-8H. The summed E-state index contributed by atoms with van der Waals surface area (Å²) in [7, 11) is 0. The smallest absolute Gasteiger partial charge is 0.420 e. The highest BCUT2D eigenvalue weighted by Crippen LogP contribution is 2.43. The van der Waals surface area contributed by atoms with Crippen molar-refractivity contribution in [2.24, 2.45) is 0 Å². The molecule has 1 heterocycles. The number of furan rings is 1. The van der Waals surface area contributed by atoms with Crippen molar-refractivity contribution in [3.8, 4) is 11.3 Å². The Morgan fingerprint density at radius 3 is 2.23 bits per heavy atom. The summed E-state index contributed by atoms with van der Waals surface area (Å²) in [4.78, 5) is 10.00. The molecule has 0 atom stereocenters. The van der Waals surface area contributed by atoms with Crippen molar-refractivity contribution >= 4 is 16.7 Å². The van der Waals surface area contributed by atoms with Crippen LogP contribution < -0.4 is 0 Å². The third-order valence-electron chi connectivity index (χ3n) is 3.22. The third-order valence-corrected chi connectivity index (χ3v) is 3.22. The van der Waals surface area contributed by atoms with Gasteiger partial charge in [-0.1, -0.05) is 18.2 Å².